The lowest BCUT2D eigenvalue weighted by molar-refractivity contribution is 0.0705. The third-order valence-electron chi connectivity index (χ3n) is 3.60. The highest BCUT2D eigenvalue weighted by Crippen LogP contribution is 2.35. The molecule has 0 aliphatic heterocycles. The van der Waals surface area contributed by atoms with Crippen molar-refractivity contribution in [1.29, 1.82) is 0 Å². The maximum absolute atomic E-state index is 13.3. The Morgan fingerprint density at radius 2 is 2.16 bits per heavy atom. The van der Waals surface area contributed by atoms with Crippen molar-refractivity contribution in [2.24, 2.45) is 5.92 Å². The van der Waals surface area contributed by atoms with Crippen molar-refractivity contribution < 1.29 is 13.9 Å². The fourth-order valence-electron chi connectivity index (χ4n) is 2.65. The second-order valence-electron chi connectivity index (χ2n) is 5.06. The molecule has 2 atom stereocenters. The number of benzene rings is 1. The van der Waals surface area contributed by atoms with Crippen molar-refractivity contribution in [3.63, 3.8) is 0 Å². The minimum atomic E-state index is -0.156. The number of hydrogen-bond acceptors (Lipinski definition) is 3. The molecular formula is C15H22FNO2. The van der Waals surface area contributed by atoms with Crippen molar-refractivity contribution in [1.82, 2.24) is 5.32 Å². The Balaban J connectivity index is 1.82. The van der Waals surface area contributed by atoms with Gasteiger partial charge in [-0.3, -0.25) is 0 Å². The summed E-state index contributed by atoms with van der Waals surface area (Å²) in [5, 5.41) is 3.46. The van der Waals surface area contributed by atoms with Crippen LogP contribution in [0.15, 0.2) is 18.2 Å². The molecule has 0 aromatic heterocycles. The summed E-state index contributed by atoms with van der Waals surface area (Å²) >= 11 is 0. The van der Waals surface area contributed by atoms with Gasteiger partial charge in [-0.1, -0.05) is 13.0 Å². The van der Waals surface area contributed by atoms with Crippen LogP contribution in [-0.4, -0.2) is 33.5 Å². The molecule has 106 valence electrons. The van der Waals surface area contributed by atoms with Crippen LogP contribution in [0, 0.1) is 11.7 Å². The summed E-state index contributed by atoms with van der Waals surface area (Å²) in [7, 11) is 1.66. The molecule has 1 aromatic rings. The second-order valence-corrected chi connectivity index (χ2v) is 5.06. The van der Waals surface area contributed by atoms with E-state index in [1.165, 1.54) is 5.56 Å². The molecule has 0 saturated carbocycles. The highest BCUT2D eigenvalue weighted by molar-refractivity contribution is 5.36. The Hall–Kier alpha value is -0.970. The van der Waals surface area contributed by atoms with Crippen molar-refractivity contribution >= 4 is 0 Å². The first-order valence-electron chi connectivity index (χ1n) is 6.80. The van der Waals surface area contributed by atoms with Gasteiger partial charge in [0.05, 0.1) is 19.8 Å². The molecule has 2 unspecified atom stereocenters. The standard InChI is InChI=1S/C15H22FNO2/c1-11-9-12-3-4-13(16)10-14(12)15(11)17-5-6-19-8-7-18-2/h3-4,10-11,15,17H,5-9H2,1-2H3. The summed E-state index contributed by atoms with van der Waals surface area (Å²) in [6.45, 7) is 4.85. The Kier molecular flexibility index (Phi) is 5.31. The number of fused-ring (bicyclic) bond motifs is 1. The summed E-state index contributed by atoms with van der Waals surface area (Å²) in [4.78, 5) is 0. The zero-order valence-electron chi connectivity index (χ0n) is 11.6. The summed E-state index contributed by atoms with van der Waals surface area (Å²) in [5.74, 6) is 0.340. The Morgan fingerprint density at radius 3 is 2.95 bits per heavy atom. The Labute approximate surface area is 114 Å². The van der Waals surface area contributed by atoms with Gasteiger partial charge in [-0.05, 0) is 35.6 Å². The van der Waals surface area contributed by atoms with Gasteiger partial charge < -0.3 is 14.8 Å². The minimum absolute atomic E-state index is 0.156. The SMILES string of the molecule is COCCOCCNC1c2cc(F)ccc2CC1C. The maximum atomic E-state index is 13.3. The zero-order valence-corrected chi connectivity index (χ0v) is 11.6. The molecule has 2 rings (SSSR count). The van der Waals surface area contributed by atoms with E-state index in [1.54, 1.807) is 19.2 Å². The normalized spacial score (nSPS) is 21.6. The molecule has 0 fully saturated rings. The quantitative estimate of drug-likeness (QED) is 0.769. The van der Waals surface area contributed by atoms with Crippen LogP contribution in [-0.2, 0) is 15.9 Å². The van der Waals surface area contributed by atoms with Crippen molar-refractivity contribution in [2.75, 3.05) is 33.5 Å². The topological polar surface area (TPSA) is 30.5 Å². The summed E-state index contributed by atoms with van der Waals surface area (Å²) in [6.07, 6.45) is 1.01. The van der Waals surface area contributed by atoms with Crippen molar-refractivity contribution in [3.05, 3.63) is 35.1 Å². The van der Waals surface area contributed by atoms with Gasteiger partial charge in [-0.2, -0.15) is 0 Å². The predicted molar refractivity (Wildman–Crippen MR) is 72.7 cm³/mol. The van der Waals surface area contributed by atoms with Gasteiger partial charge in [0, 0.05) is 19.7 Å². The van der Waals surface area contributed by atoms with Gasteiger partial charge in [-0.15, -0.1) is 0 Å². The van der Waals surface area contributed by atoms with E-state index in [-0.39, 0.29) is 11.9 Å². The molecule has 0 radical (unpaired) electrons. The van der Waals surface area contributed by atoms with Gasteiger partial charge in [0.25, 0.3) is 0 Å². The van der Waals surface area contributed by atoms with E-state index < -0.39 is 0 Å². The molecule has 0 heterocycles. The molecule has 0 spiro atoms. The zero-order chi connectivity index (χ0) is 13.7. The van der Waals surface area contributed by atoms with Gasteiger partial charge in [0.15, 0.2) is 0 Å². The average Bonchev–Trinajstić information content (AvgIpc) is 2.69. The van der Waals surface area contributed by atoms with Crippen LogP contribution < -0.4 is 5.32 Å². The van der Waals surface area contributed by atoms with E-state index in [9.17, 15) is 4.39 Å². The number of methoxy groups -OCH3 is 1. The first-order chi connectivity index (χ1) is 9.22. The fraction of sp³-hybridized carbons (Fsp3) is 0.600. The predicted octanol–water partition coefficient (Wildman–Crippen LogP) is 2.31. The van der Waals surface area contributed by atoms with Crippen LogP contribution in [0.4, 0.5) is 4.39 Å². The summed E-state index contributed by atoms with van der Waals surface area (Å²) in [5.41, 5.74) is 2.36. The van der Waals surface area contributed by atoms with E-state index in [0.717, 1.165) is 18.5 Å². The molecule has 1 N–H and O–H groups in total. The van der Waals surface area contributed by atoms with Gasteiger partial charge in [0.1, 0.15) is 5.82 Å². The van der Waals surface area contributed by atoms with Gasteiger partial charge in [-0.25, -0.2) is 4.39 Å². The Bertz CT molecular complexity index is 411. The largest absolute Gasteiger partial charge is 0.382 e. The molecule has 19 heavy (non-hydrogen) atoms. The summed E-state index contributed by atoms with van der Waals surface area (Å²) in [6, 6.07) is 5.33. The fourth-order valence-corrected chi connectivity index (χ4v) is 2.65. The smallest absolute Gasteiger partial charge is 0.123 e. The van der Waals surface area contributed by atoms with Crippen LogP contribution >= 0.6 is 0 Å². The van der Waals surface area contributed by atoms with E-state index in [4.69, 9.17) is 9.47 Å². The molecule has 0 amide bonds. The Morgan fingerprint density at radius 1 is 1.32 bits per heavy atom. The monoisotopic (exact) mass is 267 g/mol. The third-order valence-corrected chi connectivity index (χ3v) is 3.60. The van der Waals surface area contributed by atoms with E-state index in [0.29, 0.717) is 25.7 Å². The number of rotatable bonds is 7. The number of ether oxygens (including phenoxy) is 2. The number of hydrogen-bond donors (Lipinski definition) is 1. The molecular weight excluding hydrogens is 245 g/mol. The highest BCUT2D eigenvalue weighted by atomic mass is 19.1. The third kappa shape index (κ3) is 3.75. The van der Waals surface area contributed by atoms with E-state index >= 15 is 0 Å². The second kappa shape index (κ2) is 6.98. The highest BCUT2D eigenvalue weighted by Gasteiger charge is 2.28. The molecule has 0 saturated heterocycles. The maximum Gasteiger partial charge on any atom is 0.123 e. The lowest BCUT2D eigenvalue weighted by Gasteiger charge is -2.18. The summed E-state index contributed by atoms with van der Waals surface area (Å²) < 4.78 is 23.7. The molecule has 4 heteroatoms. The van der Waals surface area contributed by atoms with Gasteiger partial charge >= 0.3 is 0 Å². The van der Waals surface area contributed by atoms with Crippen LogP contribution in [0.25, 0.3) is 0 Å². The molecule has 1 aliphatic rings. The van der Waals surface area contributed by atoms with E-state index in [2.05, 4.69) is 12.2 Å². The minimum Gasteiger partial charge on any atom is -0.382 e. The van der Waals surface area contributed by atoms with Gasteiger partial charge in [0.2, 0.25) is 0 Å². The first kappa shape index (κ1) is 14.4. The number of nitrogens with one attached hydrogen (secondary N) is 1. The lowest BCUT2D eigenvalue weighted by Crippen LogP contribution is -2.28. The van der Waals surface area contributed by atoms with Crippen molar-refractivity contribution in [2.45, 2.75) is 19.4 Å². The molecule has 3 nitrogen and oxygen atoms in total. The van der Waals surface area contributed by atoms with Crippen LogP contribution in [0.3, 0.4) is 0 Å². The lowest BCUT2D eigenvalue weighted by atomic mass is 10.0. The van der Waals surface area contributed by atoms with Crippen molar-refractivity contribution in [3.8, 4) is 0 Å². The molecule has 1 aromatic carbocycles. The van der Waals surface area contributed by atoms with Crippen LogP contribution in [0.5, 0.6) is 0 Å². The average molecular weight is 267 g/mol. The first-order valence-corrected chi connectivity index (χ1v) is 6.80. The van der Waals surface area contributed by atoms with Crippen LogP contribution in [0.1, 0.15) is 24.1 Å². The van der Waals surface area contributed by atoms with Crippen LogP contribution in [0.2, 0.25) is 0 Å². The van der Waals surface area contributed by atoms with E-state index in [1.807, 2.05) is 6.07 Å². The molecule has 0 bridgehead atoms. The molecule has 1 aliphatic carbocycles. The number of halogens is 1.